The standard InChI is InChI=1S/C18H37N5.HI/c1-17(16-23-12-7-4-8-13-23)15-21-18(19-2)20-9-14-22-10-5-3-6-11-22;/h17H,3-16H2,1-2H3,(H2,19,20,21);1H. The summed E-state index contributed by atoms with van der Waals surface area (Å²) in [5.41, 5.74) is 0. The molecule has 0 aromatic heterocycles. The third kappa shape index (κ3) is 8.85. The molecule has 0 bridgehead atoms. The smallest absolute Gasteiger partial charge is 0.191 e. The molecule has 5 nitrogen and oxygen atoms in total. The topological polar surface area (TPSA) is 42.9 Å². The van der Waals surface area contributed by atoms with Gasteiger partial charge in [-0.1, -0.05) is 19.8 Å². The third-order valence-electron chi connectivity index (χ3n) is 5.03. The molecular weight excluding hydrogens is 413 g/mol. The van der Waals surface area contributed by atoms with E-state index in [0.717, 1.165) is 25.6 Å². The Kier molecular flexibility index (Phi) is 12.0. The Morgan fingerprint density at radius 2 is 1.50 bits per heavy atom. The average molecular weight is 451 g/mol. The Morgan fingerprint density at radius 1 is 0.917 bits per heavy atom. The van der Waals surface area contributed by atoms with Gasteiger partial charge in [0.15, 0.2) is 5.96 Å². The van der Waals surface area contributed by atoms with Crippen LogP contribution in [0.25, 0.3) is 0 Å². The zero-order chi connectivity index (χ0) is 16.3. The maximum atomic E-state index is 4.35. The number of piperidine rings is 2. The number of halogens is 1. The van der Waals surface area contributed by atoms with Crippen LogP contribution in [0.5, 0.6) is 0 Å². The fraction of sp³-hybridized carbons (Fsp3) is 0.944. The number of nitrogens with one attached hydrogen (secondary N) is 2. The Labute approximate surface area is 166 Å². The maximum Gasteiger partial charge on any atom is 0.191 e. The summed E-state index contributed by atoms with van der Waals surface area (Å²) in [6.07, 6.45) is 8.29. The fourth-order valence-electron chi connectivity index (χ4n) is 3.65. The van der Waals surface area contributed by atoms with Crippen molar-refractivity contribution in [2.45, 2.75) is 45.4 Å². The van der Waals surface area contributed by atoms with E-state index in [4.69, 9.17) is 0 Å². The van der Waals surface area contributed by atoms with Crippen LogP contribution in [0, 0.1) is 5.92 Å². The van der Waals surface area contributed by atoms with Crippen molar-refractivity contribution < 1.29 is 0 Å². The molecule has 0 spiro atoms. The molecule has 2 N–H and O–H groups in total. The Balaban J connectivity index is 0.00000288. The van der Waals surface area contributed by atoms with Crippen molar-refractivity contribution in [3.8, 4) is 0 Å². The summed E-state index contributed by atoms with van der Waals surface area (Å²) in [6, 6.07) is 0. The second-order valence-corrected chi connectivity index (χ2v) is 7.25. The Morgan fingerprint density at radius 3 is 2.08 bits per heavy atom. The molecule has 2 aliphatic rings. The van der Waals surface area contributed by atoms with Gasteiger partial charge in [-0.05, 0) is 57.8 Å². The second-order valence-electron chi connectivity index (χ2n) is 7.25. The van der Waals surface area contributed by atoms with Crippen LogP contribution in [0.15, 0.2) is 4.99 Å². The number of guanidine groups is 1. The van der Waals surface area contributed by atoms with E-state index in [0.29, 0.717) is 5.92 Å². The highest BCUT2D eigenvalue weighted by molar-refractivity contribution is 14.0. The van der Waals surface area contributed by atoms with E-state index in [9.17, 15) is 0 Å². The summed E-state index contributed by atoms with van der Waals surface area (Å²) in [5, 5.41) is 6.95. The Hall–Kier alpha value is -0.0800. The van der Waals surface area contributed by atoms with Crippen LogP contribution in [-0.4, -0.2) is 75.2 Å². The lowest BCUT2D eigenvalue weighted by molar-refractivity contribution is 0.201. The van der Waals surface area contributed by atoms with Gasteiger partial charge in [0.05, 0.1) is 0 Å². The fourth-order valence-corrected chi connectivity index (χ4v) is 3.65. The van der Waals surface area contributed by atoms with Gasteiger partial charge in [-0.2, -0.15) is 0 Å². The van der Waals surface area contributed by atoms with Crippen LogP contribution in [0.2, 0.25) is 0 Å². The quantitative estimate of drug-likeness (QED) is 0.355. The largest absolute Gasteiger partial charge is 0.356 e. The molecule has 0 aromatic rings. The minimum Gasteiger partial charge on any atom is -0.356 e. The van der Waals surface area contributed by atoms with Gasteiger partial charge in [0.25, 0.3) is 0 Å². The number of aliphatic imine (C=N–C) groups is 1. The molecule has 0 aliphatic carbocycles. The van der Waals surface area contributed by atoms with Crippen LogP contribution in [0.4, 0.5) is 0 Å². The molecule has 2 saturated heterocycles. The molecule has 0 saturated carbocycles. The summed E-state index contributed by atoms with van der Waals surface area (Å²) >= 11 is 0. The van der Waals surface area contributed by atoms with E-state index in [-0.39, 0.29) is 24.0 Å². The molecule has 1 atom stereocenters. The molecule has 2 fully saturated rings. The van der Waals surface area contributed by atoms with Gasteiger partial charge in [-0.25, -0.2) is 0 Å². The van der Waals surface area contributed by atoms with Crippen LogP contribution in [0.3, 0.4) is 0 Å². The Bertz CT molecular complexity index is 338. The summed E-state index contributed by atoms with van der Waals surface area (Å²) in [7, 11) is 1.87. The van der Waals surface area contributed by atoms with Crippen LogP contribution in [0.1, 0.15) is 45.4 Å². The van der Waals surface area contributed by atoms with Crippen molar-refractivity contribution in [2.75, 3.05) is 59.4 Å². The summed E-state index contributed by atoms with van der Waals surface area (Å²) < 4.78 is 0. The van der Waals surface area contributed by atoms with E-state index >= 15 is 0 Å². The van der Waals surface area contributed by atoms with Gasteiger partial charge in [-0.15, -0.1) is 24.0 Å². The van der Waals surface area contributed by atoms with Crippen molar-refractivity contribution in [1.82, 2.24) is 20.4 Å². The van der Waals surface area contributed by atoms with Gasteiger partial charge in [0.1, 0.15) is 0 Å². The summed E-state index contributed by atoms with van der Waals surface area (Å²) in [6.45, 7) is 11.8. The van der Waals surface area contributed by atoms with Gasteiger partial charge >= 0.3 is 0 Å². The minimum absolute atomic E-state index is 0. The normalized spacial score (nSPS) is 21.8. The highest BCUT2D eigenvalue weighted by Gasteiger charge is 2.14. The van der Waals surface area contributed by atoms with Gasteiger partial charge in [0.2, 0.25) is 0 Å². The predicted molar refractivity (Wildman–Crippen MR) is 115 cm³/mol. The molecule has 142 valence electrons. The molecule has 1 unspecified atom stereocenters. The average Bonchev–Trinajstić information content (AvgIpc) is 2.59. The van der Waals surface area contributed by atoms with Crippen LogP contribution < -0.4 is 10.6 Å². The molecule has 2 aliphatic heterocycles. The first-order chi connectivity index (χ1) is 11.3. The lowest BCUT2D eigenvalue weighted by Crippen LogP contribution is -2.45. The van der Waals surface area contributed by atoms with Gasteiger partial charge in [-0.3, -0.25) is 4.99 Å². The van der Waals surface area contributed by atoms with Crippen molar-refractivity contribution in [3.63, 3.8) is 0 Å². The number of hydrogen-bond acceptors (Lipinski definition) is 3. The highest BCUT2D eigenvalue weighted by Crippen LogP contribution is 2.10. The number of hydrogen-bond donors (Lipinski definition) is 2. The summed E-state index contributed by atoms with van der Waals surface area (Å²) in [4.78, 5) is 9.52. The first-order valence-corrected chi connectivity index (χ1v) is 9.67. The van der Waals surface area contributed by atoms with Crippen LogP contribution >= 0.6 is 24.0 Å². The van der Waals surface area contributed by atoms with Crippen LogP contribution in [-0.2, 0) is 0 Å². The highest BCUT2D eigenvalue weighted by atomic mass is 127. The molecule has 0 radical (unpaired) electrons. The maximum absolute atomic E-state index is 4.35. The van der Waals surface area contributed by atoms with Gasteiger partial charge < -0.3 is 20.4 Å². The number of rotatable bonds is 7. The molecule has 24 heavy (non-hydrogen) atoms. The molecule has 2 rings (SSSR count). The van der Waals surface area contributed by atoms with E-state index in [1.54, 1.807) is 0 Å². The first kappa shape index (κ1) is 22.0. The zero-order valence-electron chi connectivity index (χ0n) is 15.7. The zero-order valence-corrected chi connectivity index (χ0v) is 18.1. The molecular formula is C18H38IN5. The number of likely N-dealkylation sites (tertiary alicyclic amines) is 2. The number of nitrogens with zero attached hydrogens (tertiary/aromatic N) is 3. The molecule has 0 aromatic carbocycles. The predicted octanol–water partition coefficient (Wildman–Crippen LogP) is 2.38. The van der Waals surface area contributed by atoms with Crippen molar-refractivity contribution in [2.24, 2.45) is 10.9 Å². The lowest BCUT2D eigenvalue weighted by Gasteiger charge is -2.29. The van der Waals surface area contributed by atoms with Crippen molar-refractivity contribution in [1.29, 1.82) is 0 Å². The van der Waals surface area contributed by atoms with Gasteiger partial charge in [0, 0.05) is 33.2 Å². The third-order valence-corrected chi connectivity index (χ3v) is 5.03. The van der Waals surface area contributed by atoms with Crippen molar-refractivity contribution in [3.05, 3.63) is 0 Å². The van der Waals surface area contributed by atoms with E-state index < -0.39 is 0 Å². The first-order valence-electron chi connectivity index (χ1n) is 9.67. The van der Waals surface area contributed by atoms with E-state index in [1.165, 1.54) is 71.2 Å². The molecule has 6 heteroatoms. The van der Waals surface area contributed by atoms with E-state index in [2.05, 4.69) is 32.3 Å². The second kappa shape index (κ2) is 13.2. The minimum atomic E-state index is 0. The lowest BCUT2D eigenvalue weighted by atomic mass is 10.1. The SMILES string of the molecule is CN=C(NCCN1CCCCC1)NCC(C)CN1CCCCC1.I. The van der Waals surface area contributed by atoms with E-state index in [1.807, 2.05) is 7.05 Å². The summed E-state index contributed by atoms with van der Waals surface area (Å²) in [5.74, 6) is 1.61. The molecule has 2 heterocycles. The monoisotopic (exact) mass is 451 g/mol. The van der Waals surface area contributed by atoms with Crippen molar-refractivity contribution >= 4 is 29.9 Å². The molecule has 0 amide bonds.